The summed E-state index contributed by atoms with van der Waals surface area (Å²) in [5, 5.41) is 67.1. The zero-order valence-electron chi connectivity index (χ0n) is 19.4. The lowest BCUT2D eigenvalue weighted by molar-refractivity contribution is -0.249. The fraction of sp³-hybridized carbons (Fsp3) is 0.231. The Balaban J connectivity index is 1.74. The van der Waals surface area contributed by atoms with Crippen molar-refractivity contribution in [3.05, 3.63) is 47.5 Å². The molecule has 3 aromatic carbocycles. The number of rotatable bonds is 2. The van der Waals surface area contributed by atoms with E-state index in [9.17, 15) is 40.2 Å². The number of carbonyl (C=O) groups is 2. The second-order valence-corrected chi connectivity index (χ2v) is 9.59. The summed E-state index contributed by atoms with van der Waals surface area (Å²) in [7, 11) is 0. The zero-order valence-corrected chi connectivity index (χ0v) is 19.4. The summed E-state index contributed by atoms with van der Waals surface area (Å²) in [6.07, 6.45) is -7.75. The van der Waals surface area contributed by atoms with Crippen molar-refractivity contribution >= 4 is 55.4 Å². The Bertz CT molecular complexity index is 1850. The van der Waals surface area contributed by atoms with Crippen molar-refractivity contribution in [2.24, 2.45) is 0 Å². The van der Waals surface area contributed by atoms with Crippen LogP contribution in [-0.2, 0) is 4.74 Å². The summed E-state index contributed by atoms with van der Waals surface area (Å²) < 4.78 is 7.25. The van der Waals surface area contributed by atoms with Crippen LogP contribution in [0.25, 0.3) is 43.6 Å². The molecule has 7 rings (SSSR count). The molecule has 1 fully saturated rings. The third-order valence-corrected chi connectivity index (χ3v) is 7.60. The number of aliphatic hydroxyl groups excluding tert-OH is 4. The fourth-order valence-corrected chi connectivity index (χ4v) is 5.97. The predicted molar refractivity (Wildman–Crippen MR) is 133 cm³/mol. The molecule has 2 aliphatic heterocycles. The van der Waals surface area contributed by atoms with E-state index in [4.69, 9.17) is 4.74 Å². The number of para-hydroxylation sites is 2. The van der Waals surface area contributed by atoms with E-state index in [0.717, 1.165) is 0 Å². The number of fused-ring (bicyclic) bond motifs is 10. The summed E-state index contributed by atoms with van der Waals surface area (Å²) >= 11 is 0. The van der Waals surface area contributed by atoms with Crippen LogP contribution in [-0.4, -0.2) is 83.0 Å². The number of nitrogens with zero attached hydrogens (tertiary/aromatic N) is 1. The van der Waals surface area contributed by atoms with Crippen molar-refractivity contribution in [3.63, 3.8) is 0 Å². The van der Waals surface area contributed by atoms with Crippen LogP contribution in [0.5, 0.6) is 11.5 Å². The third-order valence-electron chi connectivity index (χ3n) is 7.60. The zero-order chi connectivity index (χ0) is 26.6. The first-order valence-corrected chi connectivity index (χ1v) is 11.9. The molecule has 12 heteroatoms. The number of imide groups is 1. The van der Waals surface area contributed by atoms with Gasteiger partial charge in [-0.25, -0.2) is 0 Å². The Morgan fingerprint density at radius 1 is 0.789 bits per heavy atom. The summed E-state index contributed by atoms with van der Waals surface area (Å²) in [5.74, 6) is -1.65. The Morgan fingerprint density at radius 2 is 1.45 bits per heavy atom. The topological polar surface area (TPSA) is 197 Å². The van der Waals surface area contributed by atoms with Gasteiger partial charge in [0.05, 0.1) is 39.8 Å². The van der Waals surface area contributed by atoms with E-state index in [1.54, 1.807) is 24.3 Å². The van der Waals surface area contributed by atoms with Crippen molar-refractivity contribution < 1.29 is 45.0 Å². The van der Waals surface area contributed by atoms with Gasteiger partial charge in [-0.05, 0) is 12.1 Å². The first-order valence-electron chi connectivity index (χ1n) is 11.9. The molecule has 4 heterocycles. The number of aromatic amines is 1. The molecule has 0 aliphatic carbocycles. The molecular weight excluding hydrogens is 498 g/mol. The van der Waals surface area contributed by atoms with Gasteiger partial charge in [0.1, 0.15) is 35.9 Å². The van der Waals surface area contributed by atoms with Crippen molar-refractivity contribution in [3.8, 4) is 11.5 Å². The molecule has 194 valence electrons. The van der Waals surface area contributed by atoms with Gasteiger partial charge in [-0.1, -0.05) is 24.3 Å². The number of hydrogen-bond donors (Lipinski definition) is 8. The first-order chi connectivity index (χ1) is 18.2. The number of aromatic hydroxyl groups is 2. The standard InChI is InChI=1S/C26H21N3O9/c30-7-12-21(33)22(34)23(35)26(38-12)29-19-9(4-2-6-11(19)32)14-16-15(24(36)28-25(16)37)13-8-3-1-5-10(31)17(8)27-18(13)20(14)29/h1-6,12,21-23,26-27,30-35H,7H2,(H,28,36,37)/t12-,21+,22+,23-,26-/m1/s1. The van der Waals surface area contributed by atoms with Gasteiger partial charge in [0, 0.05) is 21.5 Å². The summed E-state index contributed by atoms with van der Waals surface area (Å²) in [4.78, 5) is 29.4. The van der Waals surface area contributed by atoms with Crippen LogP contribution in [0.4, 0.5) is 0 Å². The highest BCUT2D eigenvalue weighted by Gasteiger charge is 2.46. The molecule has 1 saturated heterocycles. The van der Waals surface area contributed by atoms with E-state index in [1.165, 1.54) is 16.7 Å². The maximum absolute atomic E-state index is 13.2. The second kappa shape index (κ2) is 7.66. The second-order valence-electron chi connectivity index (χ2n) is 9.59. The number of ether oxygens (including phenoxy) is 1. The van der Waals surface area contributed by atoms with Gasteiger partial charge in [-0.15, -0.1) is 0 Å². The quantitative estimate of drug-likeness (QED) is 0.155. The van der Waals surface area contributed by atoms with E-state index in [0.29, 0.717) is 27.2 Å². The van der Waals surface area contributed by atoms with E-state index >= 15 is 0 Å². The van der Waals surface area contributed by atoms with Crippen molar-refractivity contribution in [1.29, 1.82) is 0 Å². The van der Waals surface area contributed by atoms with Crippen LogP contribution >= 0.6 is 0 Å². The van der Waals surface area contributed by atoms with Crippen molar-refractivity contribution in [1.82, 2.24) is 14.9 Å². The number of phenolic OH excluding ortho intramolecular Hbond substituents is 2. The van der Waals surface area contributed by atoms with Crippen LogP contribution < -0.4 is 5.32 Å². The van der Waals surface area contributed by atoms with Gasteiger partial charge in [-0.2, -0.15) is 0 Å². The van der Waals surface area contributed by atoms with Gasteiger partial charge in [-0.3, -0.25) is 14.9 Å². The maximum Gasteiger partial charge on any atom is 0.259 e. The molecule has 0 radical (unpaired) electrons. The lowest BCUT2D eigenvalue weighted by Gasteiger charge is -2.41. The molecule has 5 aromatic rings. The largest absolute Gasteiger partial charge is 0.506 e. The molecule has 2 aromatic heterocycles. The van der Waals surface area contributed by atoms with Crippen molar-refractivity contribution in [2.75, 3.05) is 6.61 Å². The van der Waals surface area contributed by atoms with E-state index in [1.807, 2.05) is 0 Å². The molecule has 2 amide bonds. The van der Waals surface area contributed by atoms with Crippen LogP contribution in [0.15, 0.2) is 36.4 Å². The monoisotopic (exact) mass is 519 g/mol. The number of amides is 2. The highest BCUT2D eigenvalue weighted by Crippen LogP contribution is 2.48. The minimum absolute atomic E-state index is 0.0423. The van der Waals surface area contributed by atoms with E-state index < -0.39 is 49.1 Å². The van der Waals surface area contributed by atoms with Gasteiger partial charge >= 0.3 is 0 Å². The lowest BCUT2D eigenvalue weighted by atomic mass is 9.96. The predicted octanol–water partition coefficient (Wildman–Crippen LogP) is 0.696. The number of carbonyl (C=O) groups excluding carboxylic acids is 2. The van der Waals surface area contributed by atoms with Gasteiger partial charge in [0.15, 0.2) is 6.23 Å². The minimum atomic E-state index is -1.72. The van der Waals surface area contributed by atoms with Gasteiger partial charge in [0.25, 0.3) is 11.8 Å². The molecule has 0 unspecified atom stereocenters. The number of benzene rings is 3. The molecule has 5 atom stereocenters. The highest BCUT2D eigenvalue weighted by atomic mass is 16.6. The average molecular weight is 519 g/mol. The maximum atomic E-state index is 13.2. The summed E-state index contributed by atoms with van der Waals surface area (Å²) in [6.45, 7) is -0.674. The van der Waals surface area contributed by atoms with E-state index in [2.05, 4.69) is 10.3 Å². The van der Waals surface area contributed by atoms with Crippen LogP contribution in [0.2, 0.25) is 0 Å². The Labute approximate surface area is 211 Å². The third kappa shape index (κ3) is 2.69. The molecule has 0 bridgehead atoms. The van der Waals surface area contributed by atoms with Crippen molar-refractivity contribution in [2.45, 2.75) is 30.6 Å². The number of aliphatic hydroxyl groups is 4. The van der Waals surface area contributed by atoms with Gasteiger partial charge < -0.3 is 44.9 Å². The number of phenols is 2. The first kappa shape index (κ1) is 23.0. The molecule has 0 saturated carbocycles. The fourth-order valence-electron chi connectivity index (χ4n) is 5.97. The normalized spacial score (nSPS) is 25.6. The Kier molecular flexibility index (Phi) is 4.63. The Morgan fingerprint density at radius 3 is 2.16 bits per heavy atom. The summed E-state index contributed by atoms with van der Waals surface area (Å²) in [6, 6.07) is 9.29. The van der Waals surface area contributed by atoms with E-state index in [-0.39, 0.29) is 39.0 Å². The molecule has 2 aliphatic rings. The lowest BCUT2D eigenvalue weighted by Crippen LogP contribution is -2.56. The molecular formula is C26H21N3O9. The molecule has 38 heavy (non-hydrogen) atoms. The Hall–Kier alpha value is -4.20. The number of H-pyrrole nitrogens is 1. The van der Waals surface area contributed by atoms with Crippen LogP contribution in [0, 0.1) is 0 Å². The number of aromatic nitrogens is 2. The number of hydrogen-bond acceptors (Lipinski definition) is 9. The van der Waals surface area contributed by atoms with Gasteiger partial charge in [0.2, 0.25) is 0 Å². The SMILES string of the molecule is O=C1NC(=O)c2c1c1c3cccc(O)c3[nH]c1c1c2c2cccc(O)c2n1[C@@H]1O[C@H](CO)[C@H](O)[C@H](O)[C@H]1O. The minimum Gasteiger partial charge on any atom is -0.506 e. The smallest absolute Gasteiger partial charge is 0.259 e. The highest BCUT2D eigenvalue weighted by molar-refractivity contribution is 6.39. The van der Waals surface area contributed by atoms with Crippen LogP contribution in [0.3, 0.4) is 0 Å². The molecule has 8 N–H and O–H groups in total. The number of nitrogens with one attached hydrogen (secondary N) is 2. The average Bonchev–Trinajstić information content (AvgIpc) is 3.53. The molecule has 0 spiro atoms. The van der Waals surface area contributed by atoms with Crippen LogP contribution in [0.1, 0.15) is 26.9 Å². The summed E-state index contributed by atoms with van der Waals surface area (Å²) in [5.41, 5.74) is 1.08. The molecule has 12 nitrogen and oxygen atoms in total.